The van der Waals surface area contributed by atoms with Gasteiger partial charge in [0.2, 0.25) is 27.7 Å². The number of ether oxygens (including phenoxy) is 3. The normalized spacial score (nSPS) is 30.1. The molecule has 3 saturated carbocycles. The summed E-state index contributed by atoms with van der Waals surface area (Å²) in [7, 11) is -2.72. The molecule has 8 rings (SSSR count). The van der Waals surface area contributed by atoms with Crippen LogP contribution in [0.2, 0.25) is 0 Å². The number of amides is 4. The van der Waals surface area contributed by atoms with Gasteiger partial charge < -0.3 is 29.7 Å². The second kappa shape index (κ2) is 14.8. The fourth-order valence-electron chi connectivity index (χ4n) is 8.95. The van der Waals surface area contributed by atoms with Crippen LogP contribution >= 0.6 is 0 Å². The van der Waals surface area contributed by atoms with Gasteiger partial charge in [-0.1, -0.05) is 38.8 Å². The van der Waals surface area contributed by atoms with Crippen LogP contribution in [0, 0.1) is 11.8 Å². The number of rotatable bonds is 7. The number of pyridine rings is 2. The van der Waals surface area contributed by atoms with Crippen LogP contribution < -0.4 is 24.8 Å². The van der Waals surface area contributed by atoms with Crippen molar-refractivity contribution in [3.05, 3.63) is 35.5 Å². The zero-order chi connectivity index (χ0) is 43.0. The van der Waals surface area contributed by atoms with Gasteiger partial charge in [0.05, 0.1) is 29.4 Å². The van der Waals surface area contributed by atoms with E-state index in [4.69, 9.17) is 14.2 Å². The minimum Gasteiger partial charge on any atom is -0.483 e. The van der Waals surface area contributed by atoms with Crippen LogP contribution in [0.3, 0.4) is 0 Å². The number of alkyl halides is 3. The molecule has 1 spiro atoms. The quantitative estimate of drug-likeness (QED) is 0.317. The van der Waals surface area contributed by atoms with Crippen LogP contribution in [-0.2, 0) is 41.7 Å². The van der Waals surface area contributed by atoms with Crippen LogP contribution in [0.25, 0.3) is 11.0 Å². The lowest BCUT2D eigenvalue weighted by atomic mass is 9.87. The fourth-order valence-corrected chi connectivity index (χ4v) is 10.3. The Labute approximate surface area is 346 Å². The van der Waals surface area contributed by atoms with E-state index in [2.05, 4.69) is 25.3 Å². The number of hydrogen-bond donors (Lipinski definition) is 3. The van der Waals surface area contributed by atoms with Crippen molar-refractivity contribution in [2.45, 2.75) is 144 Å². The smallest absolute Gasteiger partial charge is 0.437 e. The summed E-state index contributed by atoms with van der Waals surface area (Å²) < 4.78 is 89.3. The molecule has 5 heterocycles. The van der Waals surface area contributed by atoms with E-state index >= 15 is 0 Å². The van der Waals surface area contributed by atoms with Crippen molar-refractivity contribution < 1.29 is 55.0 Å². The van der Waals surface area contributed by atoms with E-state index < -0.39 is 90.9 Å². The maximum Gasteiger partial charge on any atom is 0.437 e. The van der Waals surface area contributed by atoms with Crippen molar-refractivity contribution in [2.75, 3.05) is 13.7 Å². The second-order valence-electron chi connectivity index (χ2n) is 18.0. The summed E-state index contributed by atoms with van der Waals surface area (Å²) in [6, 6.07) is 0.208. The number of halogens is 3. The topological polar surface area (TPSA) is 195 Å². The van der Waals surface area contributed by atoms with E-state index in [9.17, 15) is 40.8 Å². The van der Waals surface area contributed by atoms with Gasteiger partial charge in [0.25, 0.3) is 5.91 Å². The molecule has 5 atom stereocenters. The number of carbonyl (C=O) groups is 4. The Kier molecular flexibility index (Phi) is 10.3. The molecule has 2 aromatic heterocycles. The van der Waals surface area contributed by atoms with Crippen LogP contribution in [0.4, 0.5) is 18.0 Å². The number of nitrogens with one attached hydrogen (secondary N) is 3. The summed E-state index contributed by atoms with van der Waals surface area (Å²) in [6.45, 7) is 5.06. The van der Waals surface area contributed by atoms with E-state index in [0.29, 0.717) is 51.4 Å². The first-order valence-electron chi connectivity index (χ1n) is 20.7. The lowest BCUT2D eigenvalue weighted by molar-refractivity contribution is -0.144. The lowest BCUT2D eigenvalue weighted by Gasteiger charge is -2.37. The van der Waals surface area contributed by atoms with Crippen molar-refractivity contribution >= 4 is 44.9 Å². The zero-order valence-electron chi connectivity index (χ0n) is 34.1. The molecular formula is C41H51F3N6O9S. The van der Waals surface area contributed by atoms with E-state index in [1.54, 1.807) is 6.08 Å². The van der Waals surface area contributed by atoms with Crippen LogP contribution in [-0.4, -0.2) is 94.3 Å². The monoisotopic (exact) mass is 860 g/mol. The van der Waals surface area contributed by atoms with E-state index in [1.165, 1.54) is 31.1 Å². The van der Waals surface area contributed by atoms with Crippen LogP contribution in [0.1, 0.15) is 109 Å². The van der Waals surface area contributed by atoms with Crippen molar-refractivity contribution in [1.29, 1.82) is 0 Å². The second-order valence-corrected chi connectivity index (χ2v) is 20.2. The number of aryl methyl sites for hydroxylation is 1. The van der Waals surface area contributed by atoms with Crippen molar-refractivity contribution in [3.8, 4) is 11.6 Å². The summed E-state index contributed by atoms with van der Waals surface area (Å²) in [5.74, 6) is -3.35. The SMILES string of the molecule is COc1ccc2nc(C(F)(F)F)c3c(c2n1)CC[C@]1(C[C@H]2C(=O)N[C@]4(C(=O)NS(=O)(=O)C5(C)CC5)C[C@H]4/C=C\CCCCC[C@H](NC(=O)OC4(C(C)C)CC4)C(=O)N2C1)O3. The summed E-state index contributed by atoms with van der Waals surface area (Å²) >= 11 is 0. The predicted octanol–water partition coefficient (Wildman–Crippen LogP) is 5.00. The van der Waals surface area contributed by atoms with Gasteiger partial charge >= 0.3 is 12.3 Å². The molecule has 3 N–H and O–H groups in total. The zero-order valence-corrected chi connectivity index (χ0v) is 34.9. The molecule has 19 heteroatoms. The van der Waals surface area contributed by atoms with Crippen LogP contribution in [0.15, 0.2) is 24.3 Å². The molecule has 15 nitrogen and oxygen atoms in total. The molecule has 6 aliphatic rings. The third kappa shape index (κ3) is 7.63. The van der Waals surface area contributed by atoms with Gasteiger partial charge in [-0.25, -0.2) is 23.2 Å². The molecule has 0 aromatic carbocycles. The maximum atomic E-state index is 14.8. The minimum atomic E-state index is -4.96. The van der Waals surface area contributed by atoms with Crippen molar-refractivity contribution in [3.63, 3.8) is 0 Å². The van der Waals surface area contributed by atoms with Gasteiger partial charge in [-0.3, -0.25) is 19.1 Å². The van der Waals surface area contributed by atoms with E-state index in [-0.39, 0.29) is 67.0 Å². The summed E-state index contributed by atoms with van der Waals surface area (Å²) in [5, 5.41) is 5.55. The Bertz CT molecular complexity index is 2260. The fraction of sp³-hybridized carbons (Fsp3) is 0.659. The number of methoxy groups -OCH3 is 1. The molecule has 3 aliphatic heterocycles. The summed E-state index contributed by atoms with van der Waals surface area (Å²) in [5.41, 5.74) is -4.88. The first-order valence-corrected chi connectivity index (χ1v) is 22.2. The standard InChI is InChI=1S/C41H51F3N6O9S/c1-23(2)39(18-19-39)59-36(54)46-27-11-9-7-5-6-8-10-24-20-40(24,35(53)49-60(55,56)37(3)16-17-37)48-33(51)28-21-38(22-50(28)34(27)52)15-14-25-30-26(12-13-29(47-30)57-4)45-32(31(25)58-38)41(42,43)44/h8,10,12-13,23-24,27-28H,5-7,9,11,14-22H2,1-4H3,(H,46,54)(H,48,51)(H,49,53)/b10-8-/t24-,27+,28+,38-,40-/m1/s1. The molecule has 4 amide bonds. The summed E-state index contributed by atoms with van der Waals surface area (Å²) in [4.78, 5) is 66.5. The molecule has 1 saturated heterocycles. The number of allylic oxidation sites excluding steroid dienone is 1. The molecule has 2 aromatic rings. The predicted molar refractivity (Wildman–Crippen MR) is 209 cm³/mol. The van der Waals surface area contributed by atoms with Gasteiger partial charge in [-0.2, -0.15) is 13.2 Å². The number of hydrogen-bond acceptors (Lipinski definition) is 11. The highest BCUT2D eigenvalue weighted by Gasteiger charge is 2.64. The molecular weight excluding hydrogens is 810 g/mol. The molecule has 0 radical (unpaired) electrons. The van der Waals surface area contributed by atoms with Gasteiger partial charge in [-0.15, -0.1) is 0 Å². The molecule has 60 heavy (non-hydrogen) atoms. The minimum absolute atomic E-state index is 0.00903. The first-order chi connectivity index (χ1) is 28.2. The highest BCUT2D eigenvalue weighted by atomic mass is 32.2. The Hall–Kier alpha value is -4.68. The third-order valence-electron chi connectivity index (χ3n) is 13.5. The Morgan fingerprint density at radius 3 is 2.47 bits per heavy atom. The number of fused-ring (bicyclic) bond motifs is 5. The molecule has 0 bridgehead atoms. The van der Waals surface area contributed by atoms with Crippen molar-refractivity contribution in [1.82, 2.24) is 30.2 Å². The number of carbonyl (C=O) groups excluding carboxylic acids is 4. The van der Waals surface area contributed by atoms with Gasteiger partial charge in [0, 0.05) is 24.0 Å². The molecule has 326 valence electrons. The Balaban J connectivity index is 1.16. The molecule has 3 aliphatic carbocycles. The first kappa shape index (κ1) is 42.0. The summed E-state index contributed by atoms with van der Waals surface area (Å²) in [6.07, 6.45) is 2.54. The average molecular weight is 861 g/mol. The van der Waals surface area contributed by atoms with Crippen molar-refractivity contribution in [2.24, 2.45) is 11.8 Å². The molecule has 0 unspecified atom stereocenters. The number of aromatic nitrogens is 2. The molecule has 4 fully saturated rings. The lowest BCUT2D eigenvalue weighted by Crippen LogP contribution is -2.58. The number of alkyl carbamates (subject to hydrolysis) is 1. The van der Waals surface area contributed by atoms with Gasteiger partial charge in [0.15, 0.2) is 11.4 Å². The largest absolute Gasteiger partial charge is 0.483 e. The van der Waals surface area contributed by atoms with E-state index in [0.717, 1.165) is 0 Å². The maximum absolute atomic E-state index is 14.8. The number of nitrogens with zero attached hydrogens (tertiary/aromatic N) is 3. The Morgan fingerprint density at radius 1 is 1.05 bits per heavy atom. The van der Waals surface area contributed by atoms with Crippen LogP contribution in [0.5, 0.6) is 11.6 Å². The van der Waals surface area contributed by atoms with Gasteiger partial charge in [0.1, 0.15) is 28.8 Å². The average Bonchev–Trinajstić information content (AvgIpc) is 4.14. The third-order valence-corrected chi connectivity index (χ3v) is 15.6. The number of sulfonamides is 1. The Morgan fingerprint density at radius 2 is 1.80 bits per heavy atom. The highest BCUT2D eigenvalue weighted by Crippen LogP contribution is 2.51. The van der Waals surface area contributed by atoms with Gasteiger partial charge in [-0.05, 0) is 83.1 Å². The highest BCUT2D eigenvalue weighted by molar-refractivity contribution is 7.91. The van der Waals surface area contributed by atoms with E-state index in [1.807, 2.05) is 19.9 Å².